The van der Waals surface area contributed by atoms with Crippen molar-refractivity contribution in [2.24, 2.45) is 5.92 Å². The molecule has 2 atom stereocenters. The first-order valence-corrected chi connectivity index (χ1v) is 10.2. The Labute approximate surface area is 184 Å². The molecular weight excluding hydrogens is 411 g/mol. The van der Waals surface area contributed by atoms with Crippen molar-refractivity contribution in [3.63, 3.8) is 0 Å². The Morgan fingerprint density at radius 2 is 2.06 bits per heavy atom. The first-order valence-electron chi connectivity index (χ1n) is 10.2. The van der Waals surface area contributed by atoms with Crippen molar-refractivity contribution < 1.29 is 18.5 Å². The number of fused-ring (bicyclic) bond motifs is 1. The average molecular weight is 432 g/mol. The number of aromatic nitrogens is 1. The van der Waals surface area contributed by atoms with Gasteiger partial charge in [-0.15, -0.1) is 0 Å². The Hall–Kier alpha value is -3.99. The zero-order chi connectivity index (χ0) is 22.8. The Morgan fingerprint density at radius 1 is 1.28 bits per heavy atom. The quantitative estimate of drug-likeness (QED) is 0.649. The Morgan fingerprint density at radius 3 is 2.75 bits per heavy atom. The number of nitrogens with zero attached hydrogens (tertiary/aromatic N) is 3. The molecule has 1 aliphatic heterocycles. The van der Waals surface area contributed by atoms with E-state index < -0.39 is 23.7 Å². The highest BCUT2D eigenvalue weighted by Crippen LogP contribution is 2.43. The van der Waals surface area contributed by atoms with Gasteiger partial charge >= 0.3 is 0 Å². The van der Waals surface area contributed by atoms with Gasteiger partial charge in [0.25, 0.3) is 5.91 Å². The maximum Gasteiger partial charge on any atom is 0.254 e. The molecule has 8 heteroatoms. The summed E-state index contributed by atoms with van der Waals surface area (Å²) < 4.78 is 19.1. The van der Waals surface area contributed by atoms with Gasteiger partial charge in [0.2, 0.25) is 5.91 Å². The Balaban J connectivity index is 1.81. The molecule has 2 heterocycles. The minimum Gasteiger partial charge on any atom is -0.359 e. The molecule has 1 aliphatic rings. The molecule has 7 nitrogen and oxygen atoms in total. The first kappa shape index (κ1) is 21.2. The summed E-state index contributed by atoms with van der Waals surface area (Å²) in [6, 6.07) is 13.5. The molecule has 2 aromatic carbocycles. The molecule has 0 unspecified atom stereocenters. The van der Waals surface area contributed by atoms with Crippen molar-refractivity contribution in [1.82, 2.24) is 10.1 Å². The Kier molecular flexibility index (Phi) is 5.73. The van der Waals surface area contributed by atoms with Gasteiger partial charge in [-0.1, -0.05) is 37.2 Å². The highest BCUT2D eigenvalue weighted by Gasteiger charge is 2.45. The van der Waals surface area contributed by atoms with E-state index in [1.165, 1.54) is 18.3 Å². The first-order chi connectivity index (χ1) is 15.4. The monoisotopic (exact) mass is 432 g/mol. The smallest absolute Gasteiger partial charge is 0.254 e. The summed E-state index contributed by atoms with van der Waals surface area (Å²) in [5, 5.41) is 15.7. The van der Waals surface area contributed by atoms with Gasteiger partial charge < -0.3 is 14.7 Å². The minimum absolute atomic E-state index is 0.147. The van der Waals surface area contributed by atoms with Crippen molar-refractivity contribution in [2.75, 3.05) is 11.9 Å². The number of carbonyl (C=O) groups excluding carboxylic acids is 2. The number of halogens is 1. The molecule has 32 heavy (non-hydrogen) atoms. The van der Waals surface area contributed by atoms with Crippen LogP contribution >= 0.6 is 0 Å². The Bertz CT molecular complexity index is 1200. The van der Waals surface area contributed by atoms with Crippen LogP contribution in [0.1, 0.15) is 53.1 Å². The molecule has 4 rings (SSSR count). The van der Waals surface area contributed by atoms with Crippen LogP contribution in [0.25, 0.3) is 0 Å². The molecule has 0 spiro atoms. The van der Waals surface area contributed by atoms with E-state index in [9.17, 15) is 14.0 Å². The molecule has 3 aromatic rings. The van der Waals surface area contributed by atoms with E-state index in [-0.39, 0.29) is 23.1 Å². The lowest BCUT2D eigenvalue weighted by atomic mass is 9.80. The summed E-state index contributed by atoms with van der Waals surface area (Å²) in [7, 11) is 0. The molecule has 0 fully saturated rings. The second kappa shape index (κ2) is 8.63. The van der Waals surface area contributed by atoms with Crippen LogP contribution < -0.4 is 5.32 Å². The predicted molar refractivity (Wildman–Crippen MR) is 114 cm³/mol. The van der Waals surface area contributed by atoms with E-state index in [1.54, 1.807) is 41.3 Å². The van der Waals surface area contributed by atoms with Gasteiger partial charge in [-0.05, 0) is 35.7 Å². The molecule has 1 N–H and O–H groups in total. The van der Waals surface area contributed by atoms with Crippen molar-refractivity contribution in [1.29, 1.82) is 5.26 Å². The van der Waals surface area contributed by atoms with Gasteiger partial charge in [-0.2, -0.15) is 5.26 Å². The van der Waals surface area contributed by atoms with Crippen LogP contribution in [0.4, 0.5) is 10.1 Å². The highest BCUT2D eigenvalue weighted by atomic mass is 19.1. The van der Waals surface area contributed by atoms with Gasteiger partial charge in [0.15, 0.2) is 5.76 Å². The number of hydrogen-bond donors (Lipinski definition) is 1. The van der Waals surface area contributed by atoms with Crippen LogP contribution in [-0.4, -0.2) is 28.4 Å². The number of rotatable bonds is 5. The summed E-state index contributed by atoms with van der Waals surface area (Å²) >= 11 is 0. The summed E-state index contributed by atoms with van der Waals surface area (Å²) in [6.07, 6.45) is 1.47. The number of nitrogens with one attached hydrogen (secondary N) is 1. The number of nitriles is 1. The van der Waals surface area contributed by atoms with Crippen LogP contribution in [0.15, 0.2) is 59.3 Å². The molecular formula is C24H21FN4O3. The minimum atomic E-state index is -0.800. The third-order valence-electron chi connectivity index (χ3n) is 5.39. The lowest BCUT2D eigenvalue weighted by Gasteiger charge is -2.41. The zero-order valence-corrected chi connectivity index (χ0v) is 17.6. The van der Waals surface area contributed by atoms with Gasteiger partial charge in [-0.3, -0.25) is 9.59 Å². The molecule has 0 saturated heterocycles. The van der Waals surface area contributed by atoms with E-state index in [2.05, 4.69) is 10.5 Å². The standard InChI is InChI=1S/C24H21FN4O3/c1-14(2)13-29-22(20-9-10-27-32-20)21(17-5-3-4-6-18(17)24(29)31)23(30)28-16-7-8-19(25)15(11-16)12-26/h3-11,14,21-22H,13H2,1-2H3,(H,28,30)/t21-,22+/m0/s1. The van der Waals surface area contributed by atoms with E-state index in [1.807, 2.05) is 13.8 Å². The van der Waals surface area contributed by atoms with Crippen LogP contribution in [0.2, 0.25) is 0 Å². The van der Waals surface area contributed by atoms with Gasteiger partial charge in [0, 0.05) is 23.9 Å². The van der Waals surface area contributed by atoms with Crippen molar-refractivity contribution in [2.45, 2.75) is 25.8 Å². The maximum absolute atomic E-state index is 13.7. The fourth-order valence-electron chi connectivity index (χ4n) is 4.07. The van der Waals surface area contributed by atoms with Gasteiger partial charge in [0.1, 0.15) is 17.9 Å². The molecule has 1 aromatic heterocycles. The van der Waals surface area contributed by atoms with Crippen molar-refractivity contribution in [3.8, 4) is 6.07 Å². The largest absolute Gasteiger partial charge is 0.359 e. The lowest BCUT2D eigenvalue weighted by molar-refractivity contribution is -0.119. The summed E-state index contributed by atoms with van der Waals surface area (Å²) in [4.78, 5) is 28.6. The van der Waals surface area contributed by atoms with Crippen molar-refractivity contribution in [3.05, 3.63) is 83.0 Å². The number of anilines is 1. The molecule has 0 radical (unpaired) electrons. The van der Waals surface area contributed by atoms with Crippen LogP contribution in [0.5, 0.6) is 0 Å². The normalized spacial score (nSPS) is 17.7. The molecule has 162 valence electrons. The fraction of sp³-hybridized carbons (Fsp3) is 0.250. The molecule has 0 saturated carbocycles. The summed E-state index contributed by atoms with van der Waals surface area (Å²) in [6.45, 7) is 4.39. The van der Waals surface area contributed by atoms with E-state index in [0.29, 0.717) is 23.4 Å². The SMILES string of the molecule is CC(C)CN1C(=O)c2ccccc2[C@H](C(=O)Nc2ccc(F)c(C#N)c2)[C@H]1c1ccno1. The average Bonchev–Trinajstić information content (AvgIpc) is 3.31. The van der Waals surface area contributed by atoms with Gasteiger partial charge in [0.05, 0.1) is 17.7 Å². The van der Waals surface area contributed by atoms with E-state index >= 15 is 0 Å². The second-order valence-electron chi connectivity index (χ2n) is 8.07. The molecule has 0 aliphatic carbocycles. The highest BCUT2D eigenvalue weighted by molar-refractivity contribution is 6.04. The van der Waals surface area contributed by atoms with E-state index in [4.69, 9.17) is 9.78 Å². The maximum atomic E-state index is 13.7. The number of amides is 2. The van der Waals surface area contributed by atoms with E-state index in [0.717, 1.165) is 6.07 Å². The topological polar surface area (TPSA) is 99.2 Å². The fourth-order valence-corrected chi connectivity index (χ4v) is 4.07. The van der Waals surface area contributed by atoms with Crippen molar-refractivity contribution >= 4 is 17.5 Å². The third kappa shape index (κ3) is 3.85. The zero-order valence-electron chi connectivity index (χ0n) is 17.6. The predicted octanol–water partition coefficient (Wildman–Crippen LogP) is 4.26. The van der Waals surface area contributed by atoms with Crippen LogP contribution in [0, 0.1) is 23.1 Å². The van der Waals surface area contributed by atoms with Crippen LogP contribution in [-0.2, 0) is 4.79 Å². The number of carbonyl (C=O) groups is 2. The number of benzene rings is 2. The molecule has 2 amide bonds. The third-order valence-corrected chi connectivity index (χ3v) is 5.39. The second-order valence-corrected chi connectivity index (χ2v) is 8.07. The molecule has 0 bridgehead atoms. The van der Waals surface area contributed by atoms with Crippen LogP contribution in [0.3, 0.4) is 0 Å². The summed E-state index contributed by atoms with van der Waals surface area (Å²) in [5.41, 5.74) is 1.13. The lowest BCUT2D eigenvalue weighted by Crippen LogP contribution is -2.47. The summed E-state index contributed by atoms with van der Waals surface area (Å²) in [5.74, 6) is -1.52. The van der Waals surface area contributed by atoms with Gasteiger partial charge in [-0.25, -0.2) is 4.39 Å². The number of hydrogen-bond acceptors (Lipinski definition) is 5.